The third-order valence-electron chi connectivity index (χ3n) is 4.38. The third kappa shape index (κ3) is 5.75. The minimum Gasteiger partial charge on any atom is -0.481 e. The molecule has 11 heteroatoms. The maximum absolute atomic E-state index is 13.0. The molecule has 0 saturated heterocycles. The molecule has 0 bridgehead atoms. The van der Waals surface area contributed by atoms with Gasteiger partial charge in [0.2, 0.25) is 0 Å². The summed E-state index contributed by atoms with van der Waals surface area (Å²) in [6.45, 7) is 5.54. The number of hydrogen-bond acceptors (Lipinski definition) is 8. The van der Waals surface area contributed by atoms with Crippen LogP contribution in [0.5, 0.6) is 5.75 Å². The molecule has 2 heterocycles. The molecule has 0 radical (unpaired) electrons. The molecule has 0 spiro atoms. The fourth-order valence-corrected chi connectivity index (χ4v) is 3.66. The van der Waals surface area contributed by atoms with Gasteiger partial charge in [0.25, 0.3) is 11.1 Å². The second-order valence-electron chi connectivity index (χ2n) is 6.58. The fraction of sp³-hybridized carbons (Fsp3) is 0.400. The van der Waals surface area contributed by atoms with Crippen molar-refractivity contribution in [3.05, 3.63) is 47.2 Å². The molecule has 2 aromatic rings. The van der Waals surface area contributed by atoms with Crippen LogP contribution in [0.15, 0.2) is 45.2 Å². The molecular formula is C20H23FN4O5S. The van der Waals surface area contributed by atoms with Crippen LogP contribution in [-0.2, 0) is 9.53 Å². The van der Waals surface area contributed by atoms with Gasteiger partial charge >= 0.3 is 12.0 Å². The molecule has 9 nitrogen and oxygen atoms in total. The maximum atomic E-state index is 13.0. The van der Waals surface area contributed by atoms with Crippen LogP contribution in [0.3, 0.4) is 0 Å². The molecule has 31 heavy (non-hydrogen) atoms. The fourth-order valence-electron chi connectivity index (χ4n) is 2.92. The number of amides is 2. The molecule has 1 aliphatic heterocycles. The number of aromatic nitrogens is 2. The number of esters is 1. The zero-order valence-corrected chi connectivity index (χ0v) is 18.1. The van der Waals surface area contributed by atoms with Crippen molar-refractivity contribution in [2.45, 2.75) is 44.6 Å². The van der Waals surface area contributed by atoms with Crippen LogP contribution in [-0.4, -0.2) is 40.6 Å². The molecule has 2 amide bonds. The standard InChI is InChI=1S/C20H23FN4O5S/c1-4-14-16(18(26)28-5-2)15(23-19(27)22-14)10-31-20-25-24-17(30-20)11(3)29-13-8-6-12(21)7-9-13/h6-9,11,14H,4-5,10H2,1-3H3,(H2,22,23,27). The van der Waals surface area contributed by atoms with Crippen molar-refractivity contribution < 1.29 is 27.9 Å². The Morgan fingerprint density at radius 3 is 2.71 bits per heavy atom. The molecule has 2 unspecified atom stereocenters. The predicted molar refractivity (Wildman–Crippen MR) is 110 cm³/mol. The van der Waals surface area contributed by atoms with Crippen LogP contribution >= 0.6 is 11.8 Å². The van der Waals surface area contributed by atoms with E-state index in [0.29, 0.717) is 23.4 Å². The highest BCUT2D eigenvalue weighted by atomic mass is 32.2. The lowest BCUT2D eigenvalue weighted by atomic mass is 10.0. The van der Waals surface area contributed by atoms with Gasteiger partial charge in [-0.05, 0) is 44.5 Å². The first kappa shape index (κ1) is 22.6. The summed E-state index contributed by atoms with van der Waals surface area (Å²) in [5, 5.41) is 13.6. The van der Waals surface area contributed by atoms with Gasteiger partial charge in [-0.25, -0.2) is 14.0 Å². The van der Waals surface area contributed by atoms with Crippen molar-refractivity contribution in [3.8, 4) is 5.75 Å². The Morgan fingerprint density at radius 1 is 1.29 bits per heavy atom. The summed E-state index contributed by atoms with van der Waals surface area (Å²) < 4.78 is 29.5. The molecule has 0 aliphatic carbocycles. The van der Waals surface area contributed by atoms with E-state index in [-0.39, 0.29) is 35.3 Å². The van der Waals surface area contributed by atoms with Crippen molar-refractivity contribution >= 4 is 23.8 Å². The quantitative estimate of drug-likeness (QED) is 0.441. The lowest BCUT2D eigenvalue weighted by Crippen LogP contribution is -2.50. The summed E-state index contributed by atoms with van der Waals surface area (Å²) >= 11 is 1.17. The number of benzene rings is 1. The molecule has 166 valence electrons. The Morgan fingerprint density at radius 2 is 2.03 bits per heavy atom. The molecule has 2 atom stereocenters. The van der Waals surface area contributed by atoms with Gasteiger partial charge in [-0.1, -0.05) is 18.7 Å². The van der Waals surface area contributed by atoms with Crippen molar-refractivity contribution in [3.63, 3.8) is 0 Å². The molecule has 1 aromatic carbocycles. The number of ether oxygens (including phenoxy) is 2. The van der Waals surface area contributed by atoms with Gasteiger partial charge in [-0.3, -0.25) is 0 Å². The maximum Gasteiger partial charge on any atom is 0.337 e. The van der Waals surface area contributed by atoms with Crippen LogP contribution in [0.1, 0.15) is 39.2 Å². The first-order valence-electron chi connectivity index (χ1n) is 9.77. The zero-order chi connectivity index (χ0) is 22.4. The summed E-state index contributed by atoms with van der Waals surface area (Å²) in [6.07, 6.45) is -0.0109. The van der Waals surface area contributed by atoms with E-state index in [1.807, 2.05) is 6.92 Å². The van der Waals surface area contributed by atoms with Gasteiger partial charge in [0.1, 0.15) is 11.6 Å². The number of carbonyl (C=O) groups excluding carboxylic acids is 2. The summed E-state index contributed by atoms with van der Waals surface area (Å²) in [4.78, 5) is 24.4. The molecule has 2 N–H and O–H groups in total. The number of carbonyl (C=O) groups is 2. The molecule has 1 aromatic heterocycles. The zero-order valence-electron chi connectivity index (χ0n) is 17.3. The first-order chi connectivity index (χ1) is 14.9. The third-order valence-corrected chi connectivity index (χ3v) is 5.23. The van der Waals surface area contributed by atoms with Crippen molar-refractivity contribution in [2.75, 3.05) is 12.4 Å². The highest BCUT2D eigenvalue weighted by Crippen LogP contribution is 2.27. The molecule has 0 saturated carbocycles. The second-order valence-corrected chi connectivity index (χ2v) is 7.51. The van der Waals surface area contributed by atoms with Crippen molar-refractivity contribution in [1.82, 2.24) is 20.8 Å². The number of thioether (sulfide) groups is 1. The average Bonchev–Trinajstić information content (AvgIpc) is 3.22. The Balaban J connectivity index is 1.69. The number of nitrogens with zero attached hydrogens (tertiary/aromatic N) is 2. The Hall–Kier alpha value is -3.08. The summed E-state index contributed by atoms with van der Waals surface area (Å²) in [7, 11) is 0. The van der Waals surface area contributed by atoms with E-state index in [1.165, 1.54) is 36.0 Å². The summed E-state index contributed by atoms with van der Waals surface area (Å²) in [5.41, 5.74) is 0.818. The SMILES string of the molecule is CCOC(=O)C1=C(CSc2nnc(C(C)Oc3ccc(F)cc3)o2)NC(=O)NC1CC. The first-order valence-corrected chi connectivity index (χ1v) is 10.8. The number of halogens is 1. The lowest BCUT2D eigenvalue weighted by Gasteiger charge is -2.28. The van der Waals surface area contributed by atoms with E-state index in [0.717, 1.165) is 0 Å². The molecular weight excluding hydrogens is 427 g/mol. The van der Waals surface area contributed by atoms with Crippen LogP contribution in [0.4, 0.5) is 9.18 Å². The number of nitrogens with one attached hydrogen (secondary N) is 2. The highest BCUT2D eigenvalue weighted by Gasteiger charge is 2.31. The number of urea groups is 1. The average molecular weight is 450 g/mol. The van der Waals surface area contributed by atoms with Crippen LogP contribution in [0.2, 0.25) is 0 Å². The normalized spacial score (nSPS) is 17.0. The van der Waals surface area contributed by atoms with E-state index < -0.39 is 18.1 Å². The highest BCUT2D eigenvalue weighted by molar-refractivity contribution is 7.99. The molecule has 3 rings (SSSR count). The van der Waals surface area contributed by atoms with Gasteiger partial charge in [-0.15, -0.1) is 10.2 Å². The van der Waals surface area contributed by atoms with Gasteiger partial charge < -0.3 is 24.5 Å². The van der Waals surface area contributed by atoms with Gasteiger partial charge in [0, 0.05) is 11.4 Å². The Bertz CT molecular complexity index is 963. The van der Waals surface area contributed by atoms with Crippen molar-refractivity contribution in [1.29, 1.82) is 0 Å². The number of rotatable bonds is 9. The van der Waals surface area contributed by atoms with E-state index in [4.69, 9.17) is 13.9 Å². The topological polar surface area (TPSA) is 116 Å². The van der Waals surface area contributed by atoms with E-state index in [9.17, 15) is 14.0 Å². The van der Waals surface area contributed by atoms with Crippen LogP contribution < -0.4 is 15.4 Å². The van der Waals surface area contributed by atoms with Crippen molar-refractivity contribution in [2.24, 2.45) is 0 Å². The minimum absolute atomic E-state index is 0.228. The van der Waals surface area contributed by atoms with E-state index in [2.05, 4.69) is 20.8 Å². The smallest absolute Gasteiger partial charge is 0.337 e. The van der Waals surface area contributed by atoms with Crippen LogP contribution in [0.25, 0.3) is 0 Å². The number of hydrogen-bond donors (Lipinski definition) is 2. The minimum atomic E-state index is -0.551. The summed E-state index contributed by atoms with van der Waals surface area (Å²) in [5.74, 6) is 0.0986. The van der Waals surface area contributed by atoms with E-state index in [1.54, 1.807) is 13.8 Å². The Labute approximate surface area is 182 Å². The Kier molecular flexibility index (Phi) is 7.50. The van der Waals surface area contributed by atoms with Crippen LogP contribution in [0, 0.1) is 5.82 Å². The largest absolute Gasteiger partial charge is 0.481 e. The lowest BCUT2D eigenvalue weighted by molar-refractivity contribution is -0.139. The van der Waals surface area contributed by atoms with Gasteiger partial charge in [0.05, 0.1) is 18.2 Å². The molecule has 1 aliphatic rings. The van der Waals surface area contributed by atoms with Gasteiger partial charge in [0.15, 0.2) is 6.10 Å². The predicted octanol–water partition coefficient (Wildman–Crippen LogP) is 3.35. The monoisotopic (exact) mass is 450 g/mol. The summed E-state index contributed by atoms with van der Waals surface area (Å²) in [6, 6.07) is 4.77. The molecule has 0 fully saturated rings. The van der Waals surface area contributed by atoms with E-state index >= 15 is 0 Å². The van der Waals surface area contributed by atoms with Gasteiger partial charge in [-0.2, -0.15) is 0 Å². The second kappa shape index (κ2) is 10.3.